The number of pyridine rings is 1. The van der Waals surface area contributed by atoms with Crippen LogP contribution in [-0.2, 0) is 4.79 Å². The van der Waals surface area contributed by atoms with Crippen molar-refractivity contribution in [3.05, 3.63) is 30.2 Å². The summed E-state index contributed by atoms with van der Waals surface area (Å²) in [6.07, 6.45) is 7.70. The van der Waals surface area contributed by atoms with Crippen molar-refractivity contribution in [1.82, 2.24) is 24.4 Å². The van der Waals surface area contributed by atoms with Gasteiger partial charge >= 0.3 is 0 Å². The normalized spacial score (nSPS) is 22.8. The van der Waals surface area contributed by atoms with Crippen molar-refractivity contribution in [2.75, 3.05) is 26.2 Å². The fraction of sp³-hybridized carbons (Fsp3) is 0.588. The first-order chi connectivity index (χ1) is 11.3. The zero-order chi connectivity index (χ0) is 15.6. The van der Waals surface area contributed by atoms with Crippen molar-refractivity contribution in [2.24, 2.45) is 0 Å². The first kappa shape index (κ1) is 14.6. The van der Waals surface area contributed by atoms with Gasteiger partial charge in [-0.05, 0) is 50.8 Å². The third-order valence-corrected chi connectivity index (χ3v) is 5.05. The SMILES string of the molecule is O=C(CN1CCC[C@@H]1c1nnc2ccccn12)N1CCCCC1. The number of carbonyl (C=O) groups is 1. The highest BCUT2D eigenvalue weighted by Gasteiger charge is 2.32. The van der Waals surface area contributed by atoms with E-state index in [0.717, 1.165) is 56.8 Å². The Labute approximate surface area is 136 Å². The number of nitrogens with zero attached hydrogens (tertiary/aromatic N) is 5. The second-order valence-corrected chi connectivity index (χ2v) is 6.56. The first-order valence-corrected chi connectivity index (χ1v) is 8.64. The molecule has 122 valence electrons. The summed E-state index contributed by atoms with van der Waals surface area (Å²) in [6, 6.07) is 6.13. The maximum absolute atomic E-state index is 12.6. The summed E-state index contributed by atoms with van der Waals surface area (Å²) in [5.74, 6) is 1.23. The molecule has 2 saturated heterocycles. The van der Waals surface area contributed by atoms with Crippen LogP contribution in [0.2, 0.25) is 0 Å². The van der Waals surface area contributed by atoms with Gasteiger partial charge in [0.1, 0.15) is 0 Å². The Hall–Kier alpha value is -1.95. The first-order valence-electron chi connectivity index (χ1n) is 8.64. The number of rotatable bonds is 3. The van der Waals surface area contributed by atoms with Crippen LogP contribution in [0.25, 0.3) is 5.65 Å². The highest BCUT2D eigenvalue weighted by Crippen LogP contribution is 2.30. The molecule has 0 unspecified atom stereocenters. The minimum absolute atomic E-state index is 0.196. The summed E-state index contributed by atoms with van der Waals surface area (Å²) in [4.78, 5) is 16.9. The lowest BCUT2D eigenvalue weighted by Crippen LogP contribution is -2.42. The van der Waals surface area contributed by atoms with Gasteiger partial charge in [-0.3, -0.25) is 14.1 Å². The Bertz CT molecular complexity index is 691. The predicted octanol–water partition coefficient (Wildman–Crippen LogP) is 1.88. The lowest BCUT2D eigenvalue weighted by Gasteiger charge is -2.30. The number of carbonyl (C=O) groups excluding carboxylic acids is 1. The molecule has 0 aliphatic carbocycles. The van der Waals surface area contributed by atoms with E-state index < -0.39 is 0 Å². The monoisotopic (exact) mass is 313 g/mol. The van der Waals surface area contributed by atoms with Gasteiger partial charge in [-0.25, -0.2) is 0 Å². The van der Waals surface area contributed by atoms with E-state index in [1.165, 1.54) is 6.42 Å². The third-order valence-electron chi connectivity index (χ3n) is 5.05. The van der Waals surface area contributed by atoms with Gasteiger partial charge in [-0.2, -0.15) is 0 Å². The van der Waals surface area contributed by atoms with Crippen molar-refractivity contribution < 1.29 is 4.79 Å². The Morgan fingerprint density at radius 3 is 2.83 bits per heavy atom. The fourth-order valence-corrected chi connectivity index (χ4v) is 3.81. The standard InChI is InChI=1S/C17H23N5O/c23-16(20-9-3-1-4-10-20)13-21-11-6-7-14(21)17-19-18-15-8-2-5-12-22(15)17/h2,5,8,12,14H,1,3-4,6-7,9-11,13H2/t14-/m1/s1. The van der Waals surface area contributed by atoms with Crippen molar-refractivity contribution in [3.8, 4) is 0 Å². The summed E-state index contributed by atoms with van der Waals surface area (Å²) in [7, 11) is 0. The van der Waals surface area contributed by atoms with Crippen LogP contribution in [0.4, 0.5) is 0 Å². The molecule has 0 aromatic carbocycles. The Morgan fingerprint density at radius 1 is 1.09 bits per heavy atom. The van der Waals surface area contributed by atoms with E-state index in [1.54, 1.807) is 0 Å². The molecular formula is C17H23N5O. The maximum atomic E-state index is 12.6. The van der Waals surface area contributed by atoms with Gasteiger partial charge in [-0.1, -0.05) is 6.07 Å². The second kappa shape index (κ2) is 6.28. The number of fused-ring (bicyclic) bond motifs is 1. The molecule has 1 amide bonds. The van der Waals surface area contributed by atoms with Crippen LogP contribution in [0.3, 0.4) is 0 Å². The molecule has 6 heteroatoms. The van der Waals surface area contributed by atoms with Gasteiger partial charge in [0, 0.05) is 19.3 Å². The molecule has 2 aromatic rings. The largest absolute Gasteiger partial charge is 0.342 e. The van der Waals surface area contributed by atoms with Gasteiger partial charge in [0.25, 0.3) is 0 Å². The zero-order valence-corrected chi connectivity index (χ0v) is 13.4. The summed E-state index contributed by atoms with van der Waals surface area (Å²) < 4.78 is 2.05. The second-order valence-electron chi connectivity index (χ2n) is 6.56. The molecule has 4 heterocycles. The van der Waals surface area contributed by atoms with E-state index in [2.05, 4.69) is 15.1 Å². The van der Waals surface area contributed by atoms with Gasteiger partial charge in [-0.15, -0.1) is 10.2 Å². The molecule has 0 N–H and O–H groups in total. The molecule has 4 rings (SSSR count). The minimum atomic E-state index is 0.196. The van der Waals surface area contributed by atoms with Crippen LogP contribution in [-0.4, -0.2) is 56.5 Å². The molecule has 23 heavy (non-hydrogen) atoms. The van der Waals surface area contributed by atoms with E-state index >= 15 is 0 Å². The van der Waals surface area contributed by atoms with Crippen LogP contribution in [0.15, 0.2) is 24.4 Å². The Kier molecular flexibility index (Phi) is 3.99. The van der Waals surface area contributed by atoms with E-state index in [4.69, 9.17) is 0 Å². The minimum Gasteiger partial charge on any atom is -0.342 e. The van der Waals surface area contributed by atoms with E-state index in [0.29, 0.717) is 6.54 Å². The summed E-state index contributed by atoms with van der Waals surface area (Å²) in [6.45, 7) is 3.31. The molecule has 2 aliphatic heterocycles. The van der Waals surface area contributed by atoms with Crippen LogP contribution in [0.5, 0.6) is 0 Å². The average molecular weight is 313 g/mol. The Morgan fingerprint density at radius 2 is 1.96 bits per heavy atom. The summed E-state index contributed by atoms with van der Waals surface area (Å²) in [5, 5.41) is 8.65. The lowest BCUT2D eigenvalue weighted by atomic mass is 10.1. The number of hydrogen-bond acceptors (Lipinski definition) is 4. The van der Waals surface area contributed by atoms with Crippen molar-refractivity contribution in [3.63, 3.8) is 0 Å². The molecule has 0 bridgehead atoms. The molecular weight excluding hydrogens is 290 g/mol. The van der Waals surface area contributed by atoms with E-state index in [-0.39, 0.29) is 11.9 Å². The van der Waals surface area contributed by atoms with Crippen molar-refractivity contribution in [1.29, 1.82) is 0 Å². The van der Waals surface area contributed by atoms with Gasteiger partial charge in [0.2, 0.25) is 5.91 Å². The molecule has 6 nitrogen and oxygen atoms in total. The molecule has 2 aliphatic rings. The summed E-state index contributed by atoms with van der Waals surface area (Å²) >= 11 is 0. The van der Waals surface area contributed by atoms with E-state index in [9.17, 15) is 4.79 Å². The fourth-order valence-electron chi connectivity index (χ4n) is 3.81. The average Bonchev–Trinajstić information content (AvgIpc) is 3.22. The molecule has 1 atom stereocenters. The van der Waals surface area contributed by atoms with Crippen LogP contribution < -0.4 is 0 Å². The number of piperidine rings is 1. The van der Waals surface area contributed by atoms with Crippen LogP contribution in [0.1, 0.15) is 44.0 Å². The maximum Gasteiger partial charge on any atom is 0.236 e. The van der Waals surface area contributed by atoms with Crippen LogP contribution >= 0.6 is 0 Å². The smallest absolute Gasteiger partial charge is 0.236 e. The molecule has 0 saturated carbocycles. The topological polar surface area (TPSA) is 53.7 Å². The van der Waals surface area contributed by atoms with Crippen molar-refractivity contribution >= 4 is 11.6 Å². The number of likely N-dealkylation sites (tertiary alicyclic amines) is 2. The van der Waals surface area contributed by atoms with E-state index in [1.807, 2.05) is 33.7 Å². The number of hydrogen-bond donors (Lipinski definition) is 0. The quantitative estimate of drug-likeness (QED) is 0.868. The molecule has 0 radical (unpaired) electrons. The third kappa shape index (κ3) is 2.83. The highest BCUT2D eigenvalue weighted by atomic mass is 16.2. The number of aromatic nitrogens is 3. The molecule has 2 fully saturated rings. The molecule has 0 spiro atoms. The van der Waals surface area contributed by atoms with Gasteiger partial charge < -0.3 is 4.90 Å². The number of amides is 1. The van der Waals surface area contributed by atoms with Gasteiger partial charge in [0.15, 0.2) is 11.5 Å². The summed E-state index contributed by atoms with van der Waals surface area (Å²) in [5.41, 5.74) is 0.872. The Balaban J connectivity index is 1.51. The van der Waals surface area contributed by atoms with Crippen molar-refractivity contribution in [2.45, 2.75) is 38.1 Å². The lowest BCUT2D eigenvalue weighted by molar-refractivity contribution is -0.133. The zero-order valence-electron chi connectivity index (χ0n) is 13.4. The predicted molar refractivity (Wildman–Crippen MR) is 87.0 cm³/mol. The molecule has 2 aromatic heterocycles. The highest BCUT2D eigenvalue weighted by molar-refractivity contribution is 5.78. The van der Waals surface area contributed by atoms with Gasteiger partial charge in [0.05, 0.1) is 12.6 Å². The van der Waals surface area contributed by atoms with Crippen LogP contribution in [0, 0.1) is 0 Å².